The first kappa shape index (κ1) is 13.7. The predicted molar refractivity (Wildman–Crippen MR) is 81.1 cm³/mol. The van der Waals surface area contributed by atoms with Gasteiger partial charge in [0.2, 0.25) is 0 Å². The van der Waals surface area contributed by atoms with E-state index in [1.165, 1.54) is 11.8 Å². The summed E-state index contributed by atoms with van der Waals surface area (Å²) in [7, 11) is 0. The van der Waals surface area contributed by atoms with Gasteiger partial charge in [-0.2, -0.15) is 0 Å². The molecule has 0 spiro atoms. The largest absolute Gasteiger partial charge is 0.710 e. The van der Waals surface area contributed by atoms with Crippen LogP contribution in [0.5, 0.6) is 0 Å². The lowest BCUT2D eigenvalue weighted by atomic mass is 10.2. The molecule has 0 saturated carbocycles. The van der Waals surface area contributed by atoms with E-state index in [9.17, 15) is 9.60 Å². The lowest BCUT2D eigenvalue weighted by Gasteiger charge is -2.33. The maximum atomic E-state index is 12.8. The molecule has 0 atom stereocenters. The fourth-order valence-corrected chi connectivity index (χ4v) is 2.69. The molecule has 5 heteroatoms. The maximum absolute atomic E-state index is 12.8. The summed E-state index contributed by atoms with van der Waals surface area (Å²) in [6.45, 7) is 2.48. The molecule has 1 fully saturated rings. The first-order chi connectivity index (χ1) is 10.3. The highest BCUT2D eigenvalue weighted by atomic mass is 19.1. The van der Waals surface area contributed by atoms with Crippen molar-refractivity contribution in [2.75, 3.05) is 36.0 Å². The number of alkyl halides is 1. The number of benzene rings is 1. The van der Waals surface area contributed by atoms with Crippen LogP contribution in [0.1, 0.15) is 5.69 Å². The molecule has 0 N–H and O–H groups in total. The van der Waals surface area contributed by atoms with Crippen molar-refractivity contribution in [3.63, 3.8) is 0 Å². The van der Waals surface area contributed by atoms with Gasteiger partial charge in [0.25, 0.3) is 5.82 Å². The highest BCUT2D eigenvalue weighted by Crippen LogP contribution is 2.18. The molecule has 3 rings (SSSR count). The Bertz CT molecular complexity index is 598. The van der Waals surface area contributed by atoms with Crippen molar-refractivity contribution in [2.24, 2.45) is 0 Å². The molecule has 4 nitrogen and oxygen atoms in total. The van der Waals surface area contributed by atoms with Crippen molar-refractivity contribution >= 4 is 11.5 Å². The van der Waals surface area contributed by atoms with Crippen molar-refractivity contribution in [3.8, 4) is 0 Å². The lowest BCUT2D eigenvalue weighted by Crippen LogP contribution is -2.51. The molecule has 21 heavy (non-hydrogen) atoms. The standard InChI is InChI=1S/C16H18FN3O/c17-13-15-7-4-8-16(20(15)21)19-11-9-18(10-12-19)14-5-2-1-3-6-14/h1-8H,9-13H2. The maximum Gasteiger partial charge on any atom is 0.280 e. The van der Waals surface area contributed by atoms with Gasteiger partial charge in [-0.1, -0.05) is 24.3 Å². The Kier molecular flexibility index (Phi) is 3.90. The van der Waals surface area contributed by atoms with Gasteiger partial charge in [-0.25, -0.2) is 9.12 Å². The van der Waals surface area contributed by atoms with E-state index < -0.39 is 6.67 Å². The van der Waals surface area contributed by atoms with E-state index in [0.29, 0.717) is 10.5 Å². The molecule has 0 aliphatic carbocycles. The Morgan fingerprint density at radius 2 is 1.57 bits per heavy atom. The first-order valence-corrected chi connectivity index (χ1v) is 7.12. The molecule has 2 aromatic rings. The smallest absolute Gasteiger partial charge is 0.280 e. The topological polar surface area (TPSA) is 33.4 Å². The minimum Gasteiger partial charge on any atom is -0.710 e. The van der Waals surface area contributed by atoms with Gasteiger partial charge in [-0.05, 0) is 18.2 Å². The van der Waals surface area contributed by atoms with E-state index >= 15 is 0 Å². The normalized spacial score (nSPS) is 15.3. The van der Waals surface area contributed by atoms with E-state index in [2.05, 4.69) is 17.0 Å². The van der Waals surface area contributed by atoms with Crippen LogP contribution in [0.25, 0.3) is 0 Å². The van der Waals surface area contributed by atoms with Gasteiger partial charge >= 0.3 is 0 Å². The molecule has 1 aromatic carbocycles. The van der Waals surface area contributed by atoms with Crippen molar-refractivity contribution in [1.82, 2.24) is 0 Å². The molecule has 0 radical (unpaired) electrons. The lowest BCUT2D eigenvalue weighted by molar-refractivity contribution is -0.602. The summed E-state index contributed by atoms with van der Waals surface area (Å²) in [5.74, 6) is 0.540. The summed E-state index contributed by atoms with van der Waals surface area (Å²) in [5.41, 5.74) is 1.36. The third kappa shape index (κ3) is 2.77. The van der Waals surface area contributed by atoms with Crippen molar-refractivity contribution < 1.29 is 9.12 Å². The van der Waals surface area contributed by atoms with Crippen LogP contribution in [-0.2, 0) is 6.67 Å². The summed E-state index contributed by atoms with van der Waals surface area (Å²) in [6.07, 6.45) is 0. The van der Waals surface area contributed by atoms with E-state index in [1.54, 1.807) is 12.1 Å². The average molecular weight is 287 g/mol. The number of pyridine rings is 1. The number of anilines is 2. The Morgan fingerprint density at radius 1 is 0.905 bits per heavy atom. The van der Waals surface area contributed by atoms with Gasteiger partial charge in [-0.15, -0.1) is 0 Å². The number of halogens is 1. The Morgan fingerprint density at radius 3 is 2.24 bits per heavy atom. The van der Waals surface area contributed by atoms with Crippen LogP contribution in [0.3, 0.4) is 0 Å². The van der Waals surface area contributed by atoms with Crippen LogP contribution in [0.4, 0.5) is 15.9 Å². The highest BCUT2D eigenvalue weighted by Gasteiger charge is 2.24. The van der Waals surface area contributed by atoms with E-state index in [4.69, 9.17) is 0 Å². The number of hydrogen-bond donors (Lipinski definition) is 0. The second-order valence-corrected chi connectivity index (χ2v) is 5.11. The van der Waals surface area contributed by atoms with Crippen molar-refractivity contribution in [1.29, 1.82) is 0 Å². The molecule has 0 amide bonds. The van der Waals surface area contributed by atoms with Gasteiger partial charge in [0.1, 0.15) is 18.8 Å². The predicted octanol–water partition coefficient (Wildman–Crippen LogP) is 2.12. The number of para-hydroxylation sites is 1. The summed E-state index contributed by atoms with van der Waals surface area (Å²) in [5, 5.41) is 12.1. The monoisotopic (exact) mass is 287 g/mol. The minimum atomic E-state index is -0.735. The van der Waals surface area contributed by atoms with Crippen LogP contribution < -0.4 is 14.5 Å². The summed E-state index contributed by atoms with van der Waals surface area (Å²) in [6, 6.07) is 15.3. The highest BCUT2D eigenvalue weighted by molar-refractivity contribution is 5.48. The minimum absolute atomic E-state index is 0.165. The number of aromatic nitrogens is 1. The molecular formula is C16H18FN3O. The third-order valence-electron chi connectivity index (χ3n) is 3.86. The van der Waals surface area contributed by atoms with Gasteiger partial charge in [0.15, 0.2) is 6.67 Å². The second kappa shape index (κ2) is 5.99. The number of hydrogen-bond acceptors (Lipinski definition) is 3. The van der Waals surface area contributed by atoms with E-state index in [0.717, 1.165) is 26.2 Å². The molecule has 2 heterocycles. The summed E-state index contributed by atoms with van der Waals surface area (Å²) in [4.78, 5) is 4.32. The number of rotatable bonds is 3. The van der Waals surface area contributed by atoms with Crippen molar-refractivity contribution in [2.45, 2.75) is 6.67 Å². The van der Waals surface area contributed by atoms with Crippen LogP contribution in [0.15, 0.2) is 48.5 Å². The first-order valence-electron chi connectivity index (χ1n) is 7.12. The zero-order valence-corrected chi connectivity index (χ0v) is 11.8. The Labute approximate surface area is 123 Å². The van der Waals surface area contributed by atoms with Gasteiger partial charge in [-0.3, -0.25) is 4.90 Å². The fraction of sp³-hybridized carbons (Fsp3) is 0.312. The SMILES string of the molecule is [O-][n+]1c(CF)cccc1N1CCN(c2ccccc2)CC1. The Balaban J connectivity index is 1.72. The second-order valence-electron chi connectivity index (χ2n) is 5.11. The molecule has 0 bridgehead atoms. The van der Waals surface area contributed by atoms with Crippen LogP contribution in [-0.4, -0.2) is 26.2 Å². The molecule has 1 aromatic heterocycles. The molecular weight excluding hydrogens is 269 g/mol. The van der Waals surface area contributed by atoms with Gasteiger partial charge in [0.05, 0.1) is 13.1 Å². The van der Waals surface area contributed by atoms with E-state index in [-0.39, 0.29) is 5.69 Å². The van der Waals surface area contributed by atoms with Crippen LogP contribution in [0, 0.1) is 5.21 Å². The summed E-state index contributed by atoms with van der Waals surface area (Å²) < 4.78 is 13.5. The average Bonchev–Trinajstić information content (AvgIpc) is 2.56. The number of nitrogens with zero attached hydrogens (tertiary/aromatic N) is 3. The van der Waals surface area contributed by atoms with Crippen molar-refractivity contribution in [3.05, 3.63) is 59.4 Å². The zero-order chi connectivity index (χ0) is 14.7. The molecule has 1 aliphatic heterocycles. The van der Waals surface area contributed by atoms with Gasteiger partial charge < -0.3 is 10.1 Å². The number of piperazine rings is 1. The van der Waals surface area contributed by atoms with Crippen LogP contribution >= 0.6 is 0 Å². The molecule has 0 unspecified atom stereocenters. The van der Waals surface area contributed by atoms with E-state index in [1.807, 2.05) is 23.1 Å². The van der Waals surface area contributed by atoms with Crippen LogP contribution in [0.2, 0.25) is 0 Å². The molecule has 1 aliphatic rings. The fourth-order valence-electron chi connectivity index (χ4n) is 2.69. The quantitative estimate of drug-likeness (QED) is 0.640. The molecule has 110 valence electrons. The summed E-state index contributed by atoms with van der Waals surface area (Å²) >= 11 is 0. The van der Waals surface area contributed by atoms with Gasteiger partial charge in [0, 0.05) is 11.8 Å². The Hall–Kier alpha value is -2.30. The zero-order valence-electron chi connectivity index (χ0n) is 11.8. The third-order valence-corrected chi connectivity index (χ3v) is 3.86. The molecule has 1 saturated heterocycles.